The molecule has 8 heteroatoms. The van der Waals surface area contributed by atoms with Crippen LogP contribution in [-0.2, 0) is 0 Å². The smallest absolute Gasteiger partial charge is 0.181 e. The number of fused-ring (bicyclic) bond motifs is 2. The summed E-state index contributed by atoms with van der Waals surface area (Å²) < 4.78 is 5.23. The third-order valence-electron chi connectivity index (χ3n) is 5.11. The highest BCUT2D eigenvalue weighted by molar-refractivity contribution is 6.00. The van der Waals surface area contributed by atoms with Gasteiger partial charge in [0, 0.05) is 51.6 Å². The molecule has 6 rings (SSSR count). The second kappa shape index (κ2) is 6.28. The maximum absolute atomic E-state index is 9.75. The summed E-state index contributed by atoms with van der Waals surface area (Å²) in [7, 11) is 0. The van der Waals surface area contributed by atoms with Crippen molar-refractivity contribution >= 4 is 21.9 Å². The van der Waals surface area contributed by atoms with Crippen LogP contribution in [0.1, 0.15) is 0 Å². The van der Waals surface area contributed by atoms with Crippen molar-refractivity contribution < 1.29 is 9.52 Å². The van der Waals surface area contributed by atoms with E-state index in [2.05, 4.69) is 36.2 Å². The van der Waals surface area contributed by atoms with Crippen LogP contribution in [0.25, 0.3) is 55.6 Å². The number of nitrogens with zero attached hydrogens (tertiary/aromatic N) is 4. The number of aromatic hydroxyl groups is 1. The van der Waals surface area contributed by atoms with Gasteiger partial charge in [0.05, 0.1) is 41.8 Å². The van der Waals surface area contributed by atoms with Gasteiger partial charge in [-0.3, -0.25) is 15.1 Å². The van der Waals surface area contributed by atoms with Crippen molar-refractivity contribution in [1.82, 2.24) is 30.1 Å². The maximum Gasteiger partial charge on any atom is 0.181 e. The molecular weight excluding hydrogens is 380 g/mol. The van der Waals surface area contributed by atoms with Crippen LogP contribution in [0, 0.1) is 0 Å². The summed E-state index contributed by atoms with van der Waals surface area (Å²) in [5, 5.41) is 19.1. The quantitative estimate of drug-likeness (QED) is 0.406. The summed E-state index contributed by atoms with van der Waals surface area (Å²) >= 11 is 0. The van der Waals surface area contributed by atoms with E-state index in [-0.39, 0.29) is 5.75 Å². The zero-order valence-electron chi connectivity index (χ0n) is 15.5. The molecule has 144 valence electrons. The van der Waals surface area contributed by atoms with Crippen molar-refractivity contribution in [2.24, 2.45) is 0 Å². The predicted octanol–water partition coefficient (Wildman–Crippen LogP) is 4.53. The average molecular weight is 394 g/mol. The molecular formula is C22H14N6O2. The van der Waals surface area contributed by atoms with Gasteiger partial charge in [0.1, 0.15) is 5.75 Å². The molecule has 0 amide bonds. The zero-order chi connectivity index (χ0) is 20.1. The molecule has 6 aromatic heterocycles. The highest BCUT2D eigenvalue weighted by Crippen LogP contribution is 2.34. The number of aromatic nitrogens is 6. The Morgan fingerprint density at radius 3 is 2.63 bits per heavy atom. The van der Waals surface area contributed by atoms with Crippen LogP contribution >= 0.6 is 0 Å². The fraction of sp³-hybridized carbons (Fsp3) is 0. The van der Waals surface area contributed by atoms with E-state index in [0.717, 1.165) is 49.9 Å². The maximum atomic E-state index is 9.75. The normalized spacial score (nSPS) is 11.5. The van der Waals surface area contributed by atoms with Crippen molar-refractivity contribution in [3.05, 3.63) is 67.8 Å². The molecule has 0 radical (unpaired) electrons. The van der Waals surface area contributed by atoms with Gasteiger partial charge in [0.25, 0.3) is 0 Å². The van der Waals surface area contributed by atoms with Gasteiger partial charge in [-0.1, -0.05) is 0 Å². The van der Waals surface area contributed by atoms with Crippen LogP contribution in [0.2, 0.25) is 0 Å². The van der Waals surface area contributed by atoms with Gasteiger partial charge in [-0.05, 0) is 24.3 Å². The number of nitrogens with one attached hydrogen (secondary N) is 2. The van der Waals surface area contributed by atoms with Crippen LogP contribution in [0.4, 0.5) is 0 Å². The number of pyridine rings is 3. The lowest BCUT2D eigenvalue weighted by atomic mass is 10.1. The Balaban J connectivity index is 1.52. The molecule has 30 heavy (non-hydrogen) atoms. The number of aromatic amines is 2. The lowest BCUT2D eigenvalue weighted by molar-refractivity contribution is 0.473. The highest BCUT2D eigenvalue weighted by atomic mass is 16.3. The molecule has 0 aliphatic carbocycles. The highest BCUT2D eigenvalue weighted by Gasteiger charge is 2.15. The first kappa shape index (κ1) is 16.5. The molecule has 0 aliphatic rings. The van der Waals surface area contributed by atoms with Gasteiger partial charge >= 0.3 is 0 Å². The molecule has 6 heterocycles. The molecule has 0 saturated heterocycles. The largest absolute Gasteiger partial charge is 0.506 e. The Labute approximate surface area is 169 Å². The number of hydrogen-bond acceptors (Lipinski definition) is 6. The monoisotopic (exact) mass is 394 g/mol. The fourth-order valence-corrected chi connectivity index (χ4v) is 3.68. The third kappa shape index (κ3) is 2.55. The van der Waals surface area contributed by atoms with Crippen molar-refractivity contribution in [1.29, 1.82) is 0 Å². The lowest BCUT2D eigenvalue weighted by Crippen LogP contribution is -1.84. The van der Waals surface area contributed by atoms with Gasteiger partial charge in [-0.25, -0.2) is 4.98 Å². The Kier molecular flexibility index (Phi) is 3.45. The van der Waals surface area contributed by atoms with Crippen LogP contribution in [0.5, 0.6) is 5.75 Å². The summed E-state index contributed by atoms with van der Waals surface area (Å²) in [5.41, 5.74) is 6.78. The molecule has 0 saturated carbocycles. The molecule has 0 spiro atoms. The summed E-state index contributed by atoms with van der Waals surface area (Å²) in [6.07, 6.45) is 11.8. The molecule has 8 nitrogen and oxygen atoms in total. The van der Waals surface area contributed by atoms with E-state index < -0.39 is 0 Å². The first-order chi connectivity index (χ1) is 14.8. The summed E-state index contributed by atoms with van der Waals surface area (Å²) in [6.45, 7) is 0. The minimum Gasteiger partial charge on any atom is -0.506 e. The molecule has 0 aliphatic heterocycles. The summed E-state index contributed by atoms with van der Waals surface area (Å²) in [4.78, 5) is 16.3. The summed E-state index contributed by atoms with van der Waals surface area (Å²) in [5.74, 6) is 0.106. The van der Waals surface area contributed by atoms with Crippen molar-refractivity contribution in [3.63, 3.8) is 0 Å². The Morgan fingerprint density at radius 1 is 0.867 bits per heavy atom. The number of rotatable bonds is 3. The standard InChI is InChI=1S/C22H14N6O2/c29-15-3-13(6-23-8-15)14-4-17-21(27-28-22(17)25-7-14)19-5-16-18(12-1-2-30-11-12)9-24-10-20(16)26-19/h1-11,26,29H,(H,25,27,28). The molecule has 3 N–H and O–H groups in total. The number of H-pyrrole nitrogens is 2. The SMILES string of the molecule is Oc1cncc(-c2cnc3n[nH]c(-c4cc5c(-c6ccoc6)cncc5[nH]4)c3c2)c1. The number of hydrogen-bond donors (Lipinski definition) is 3. The summed E-state index contributed by atoms with van der Waals surface area (Å²) in [6, 6.07) is 7.61. The third-order valence-corrected chi connectivity index (χ3v) is 5.11. The molecule has 0 atom stereocenters. The van der Waals surface area contributed by atoms with E-state index in [0.29, 0.717) is 5.65 Å². The van der Waals surface area contributed by atoms with Crippen LogP contribution in [-0.4, -0.2) is 35.2 Å². The molecule has 0 aromatic carbocycles. The first-order valence-corrected chi connectivity index (χ1v) is 9.24. The van der Waals surface area contributed by atoms with Crippen LogP contribution in [0.15, 0.2) is 72.2 Å². The van der Waals surface area contributed by atoms with E-state index in [1.807, 2.05) is 18.3 Å². The molecule has 0 unspecified atom stereocenters. The predicted molar refractivity (Wildman–Crippen MR) is 112 cm³/mol. The van der Waals surface area contributed by atoms with Gasteiger partial charge in [-0.2, -0.15) is 5.10 Å². The number of furan rings is 1. The van der Waals surface area contributed by atoms with Gasteiger partial charge < -0.3 is 14.5 Å². The Morgan fingerprint density at radius 2 is 1.77 bits per heavy atom. The molecule has 0 fully saturated rings. The zero-order valence-corrected chi connectivity index (χ0v) is 15.5. The second-order valence-electron chi connectivity index (χ2n) is 6.97. The van der Waals surface area contributed by atoms with E-state index in [4.69, 9.17) is 4.42 Å². The van der Waals surface area contributed by atoms with Crippen LogP contribution < -0.4 is 0 Å². The Bertz CT molecular complexity index is 1510. The van der Waals surface area contributed by atoms with E-state index >= 15 is 0 Å². The molecule has 6 aromatic rings. The van der Waals surface area contributed by atoms with Crippen molar-refractivity contribution in [2.75, 3.05) is 0 Å². The Hall–Kier alpha value is -4.46. The fourth-order valence-electron chi connectivity index (χ4n) is 3.68. The minimum absolute atomic E-state index is 0.106. The van der Waals surface area contributed by atoms with Crippen molar-refractivity contribution in [3.8, 4) is 39.4 Å². The van der Waals surface area contributed by atoms with Crippen LogP contribution in [0.3, 0.4) is 0 Å². The van der Waals surface area contributed by atoms with E-state index in [1.54, 1.807) is 37.2 Å². The molecule has 0 bridgehead atoms. The van der Waals surface area contributed by atoms with Crippen molar-refractivity contribution in [2.45, 2.75) is 0 Å². The topological polar surface area (TPSA) is 117 Å². The second-order valence-corrected chi connectivity index (χ2v) is 6.97. The van der Waals surface area contributed by atoms with E-state index in [9.17, 15) is 5.11 Å². The van der Waals surface area contributed by atoms with Gasteiger partial charge in [0.2, 0.25) is 0 Å². The lowest BCUT2D eigenvalue weighted by Gasteiger charge is -2.02. The first-order valence-electron chi connectivity index (χ1n) is 9.24. The van der Waals surface area contributed by atoms with Gasteiger partial charge in [-0.15, -0.1) is 0 Å². The van der Waals surface area contributed by atoms with E-state index in [1.165, 1.54) is 6.20 Å². The average Bonchev–Trinajstić information content (AvgIpc) is 3.51. The van der Waals surface area contributed by atoms with Gasteiger partial charge in [0.15, 0.2) is 5.65 Å². The minimum atomic E-state index is 0.106.